The van der Waals surface area contributed by atoms with Crippen molar-refractivity contribution in [3.05, 3.63) is 59.7 Å². The summed E-state index contributed by atoms with van der Waals surface area (Å²) in [6.07, 6.45) is 1.34. The highest BCUT2D eigenvalue weighted by Gasteiger charge is 2.13. The normalized spacial score (nSPS) is 10.6. The van der Waals surface area contributed by atoms with E-state index >= 15 is 0 Å². The Morgan fingerprint density at radius 2 is 1.75 bits per heavy atom. The van der Waals surface area contributed by atoms with Crippen molar-refractivity contribution < 1.29 is 23.1 Å². The standard InChI is InChI=1S/C21H24F2N2O3/c1-2-12-24-19(26)10-11-20(27)25-17-8-9-18(28-21(22)23)16(14-17)13-15-6-4-3-5-7-15/h3-9,14,21H,2,10-13H2,1H3,(H,24,26)(H,25,27). The number of alkyl halides is 2. The van der Waals surface area contributed by atoms with Crippen molar-refractivity contribution >= 4 is 17.5 Å². The van der Waals surface area contributed by atoms with Crippen molar-refractivity contribution in [1.82, 2.24) is 5.32 Å². The van der Waals surface area contributed by atoms with Gasteiger partial charge in [-0.3, -0.25) is 9.59 Å². The molecular formula is C21H24F2N2O3. The number of hydrogen-bond donors (Lipinski definition) is 2. The summed E-state index contributed by atoms with van der Waals surface area (Å²) in [7, 11) is 0. The molecule has 5 nitrogen and oxygen atoms in total. The molecule has 0 aliphatic carbocycles. The van der Waals surface area contributed by atoms with Crippen LogP contribution in [-0.2, 0) is 16.0 Å². The largest absolute Gasteiger partial charge is 0.435 e. The van der Waals surface area contributed by atoms with Gasteiger partial charge in [-0.1, -0.05) is 37.3 Å². The van der Waals surface area contributed by atoms with E-state index in [-0.39, 0.29) is 30.4 Å². The van der Waals surface area contributed by atoms with Gasteiger partial charge in [0.05, 0.1) is 0 Å². The third-order valence-electron chi connectivity index (χ3n) is 3.95. The van der Waals surface area contributed by atoms with Crippen LogP contribution in [0.5, 0.6) is 5.75 Å². The molecular weight excluding hydrogens is 366 g/mol. The summed E-state index contributed by atoms with van der Waals surface area (Å²) >= 11 is 0. The fourth-order valence-electron chi connectivity index (χ4n) is 2.63. The lowest BCUT2D eigenvalue weighted by Gasteiger charge is -2.13. The van der Waals surface area contributed by atoms with Gasteiger partial charge in [-0.25, -0.2) is 0 Å². The molecule has 2 N–H and O–H groups in total. The molecule has 0 aliphatic rings. The molecule has 28 heavy (non-hydrogen) atoms. The van der Waals surface area contributed by atoms with Crippen LogP contribution in [0, 0.1) is 0 Å². The molecule has 7 heteroatoms. The Kier molecular flexibility index (Phi) is 8.39. The molecule has 150 valence electrons. The summed E-state index contributed by atoms with van der Waals surface area (Å²) in [5, 5.41) is 5.41. The van der Waals surface area contributed by atoms with Crippen LogP contribution in [-0.4, -0.2) is 25.0 Å². The number of hydrogen-bond acceptors (Lipinski definition) is 3. The zero-order valence-corrected chi connectivity index (χ0v) is 15.7. The van der Waals surface area contributed by atoms with Crippen LogP contribution in [0.15, 0.2) is 48.5 Å². The molecule has 2 aromatic carbocycles. The molecule has 2 aromatic rings. The van der Waals surface area contributed by atoms with Gasteiger partial charge in [0.25, 0.3) is 0 Å². The average molecular weight is 390 g/mol. The predicted octanol–water partition coefficient (Wildman–Crippen LogP) is 4.12. The van der Waals surface area contributed by atoms with Gasteiger partial charge in [0.15, 0.2) is 0 Å². The zero-order valence-electron chi connectivity index (χ0n) is 15.7. The van der Waals surface area contributed by atoms with E-state index in [1.54, 1.807) is 6.07 Å². The van der Waals surface area contributed by atoms with E-state index in [2.05, 4.69) is 15.4 Å². The second-order valence-corrected chi connectivity index (χ2v) is 6.26. The van der Waals surface area contributed by atoms with E-state index in [0.29, 0.717) is 24.2 Å². The van der Waals surface area contributed by atoms with Gasteiger partial charge in [-0.05, 0) is 30.2 Å². The van der Waals surface area contributed by atoms with E-state index < -0.39 is 6.61 Å². The third kappa shape index (κ3) is 7.34. The maximum atomic E-state index is 12.7. The summed E-state index contributed by atoms with van der Waals surface area (Å²) in [5.41, 5.74) is 1.93. The monoisotopic (exact) mass is 390 g/mol. The van der Waals surface area contributed by atoms with Crippen molar-refractivity contribution in [2.75, 3.05) is 11.9 Å². The van der Waals surface area contributed by atoms with Crippen LogP contribution in [0.1, 0.15) is 37.3 Å². The summed E-state index contributed by atoms with van der Waals surface area (Å²) in [5.74, 6) is -0.432. The lowest BCUT2D eigenvalue weighted by molar-refractivity contribution is -0.124. The van der Waals surface area contributed by atoms with E-state index in [1.807, 2.05) is 37.3 Å². The molecule has 0 aliphatic heterocycles. The van der Waals surface area contributed by atoms with Crippen LogP contribution in [0.3, 0.4) is 0 Å². The summed E-state index contributed by atoms with van der Waals surface area (Å²) in [4.78, 5) is 23.7. The maximum Gasteiger partial charge on any atom is 0.387 e. The predicted molar refractivity (Wildman–Crippen MR) is 103 cm³/mol. The fraction of sp³-hybridized carbons (Fsp3) is 0.333. The lowest BCUT2D eigenvalue weighted by Crippen LogP contribution is -2.25. The van der Waals surface area contributed by atoms with Crippen LogP contribution in [0.25, 0.3) is 0 Å². The molecule has 0 heterocycles. The minimum Gasteiger partial charge on any atom is -0.435 e. The number of anilines is 1. The Hall–Kier alpha value is -2.96. The first-order valence-corrected chi connectivity index (χ1v) is 9.16. The molecule has 0 aromatic heterocycles. The molecule has 2 rings (SSSR count). The fourth-order valence-corrected chi connectivity index (χ4v) is 2.63. The first-order chi connectivity index (χ1) is 13.5. The molecule has 0 bridgehead atoms. The second kappa shape index (κ2) is 11.0. The number of rotatable bonds is 10. The molecule has 0 atom stereocenters. The summed E-state index contributed by atoms with van der Waals surface area (Å²) in [6, 6.07) is 13.9. The first-order valence-electron chi connectivity index (χ1n) is 9.16. The van der Waals surface area contributed by atoms with E-state index in [1.165, 1.54) is 12.1 Å². The quantitative estimate of drug-likeness (QED) is 0.641. The Balaban J connectivity index is 2.05. The average Bonchev–Trinajstić information content (AvgIpc) is 2.67. The Bertz CT molecular complexity index is 782. The number of carbonyl (C=O) groups excluding carboxylic acids is 2. The first kappa shape index (κ1) is 21.3. The minimum absolute atomic E-state index is 0.0405. The Morgan fingerprint density at radius 3 is 2.43 bits per heavy atom. The molecule has 0 saturated carbocycles. The van der Waals surface area contributed by atoms with Gasteiger partial charge in [-0.2, -0.15) is 8.78 Å². The highest BCUT2D eigenvalue weighted by molar-refractivity contribution is 5.93. The van der Waals surface area contributed by atoms with Crippen LogP contribution < -0.4 is 15.4 Å². The van der Waals surface area contributed by atoms with Gasteiger partial charge in [0, 0.05) is 37.1 Å². The molecule has 2 amide bonds. The molecule has 0 unspecified atom stereocenters. The number of carbonyl (C=O) groups is 2. The zero-order chi connectivity index (χ0) is 20.4. The minimum atomic E-state index is -2.93. The topological polar surface area (TPSA) is 67.4 Å². The molecule has 0 radical (unpaired) electrons. The van der Waals surface area contributed by atoms with Gasteiger partial charge in [0.1, 0.15) is 5.75 Å². The third-order valence-corrected chi connectivity index (χ3v) is 3.95. The van der Waals surface area contributed by atoms with Crippen molar-refractivity contribution in [2.45, 2.75) is 39.2 Å². The molecule has 0 spiro atoms. The van der Waals surface area contributed by atoms with Crippen molar-refractivity contribution in [3.8, 4) is 5.75 Å². The van der Waals surface area contributed by atoms with Gasteiger partial charge in [-0.15, -0.1) is 0 Å². The van der Waals surface area contributed by atoms with Crippen molar-refractivity contribution in [2.24, 2.45) is 0 Å². The van der Waals surface area contributed by atoms with E-state index in [4.69, 9.17) is 0 Å². The van der Waals surface area contributed by atoms with Crippen LogP contribution in [0.4, 0.5) is 14.5 Å². The molecule has 0 fully saturated rings. The van der Waals surface area contributed by atoms with E-state index in [9.17, 15) is 18.4 Å². The number of amides is 2. The van der Waals surface area contributed by atoms with Crippen molar-refractivity contribution in [1.29, 1.82) is 0 Å². The lowest BCUT2D eigenvalue weighted by atomic mass is 10.0. The van der Waals surface area contributed by atoms with Crippen LogP contribution >= 0.6 is 0 Å². The van der Waals surface area contributed by atoms with Gasteiger partial charge >= 0.3 is 6.61 Å². The Labute approximate surface area is 163 Å². The second-order valence-electron chi connectivity index (χ2n) is 6.26. The highest BCUT2D eigenvalue weighted by Crippen LogP contribution is 2.27. The number of benzene rings is 2. The number of halogens is 2. The van der Waals surface area contributed by atoms with Crippen LogP contribution in [0.2, 0.25) is 0 Å². The molecule has 0 saturated heterocycles. The number of ether oxygens (including phenoxy) is 1. The maximum absolute atomic E-state index is 12.7. The van der Waals surface area contributed by atoms with Gasteiger partial charge < -0.3 is 15.4 Å². The summed E-state index contributed by atoms with van der Waals surface area (Å²) < 4.78 is 30.0. The summed E-state index contributed by atoms with van der Waals surface area (Å²) in [6.45, 7) is -0.410. The Morgan fingerprint density at radius 1 is 1.04 bits per heavy atom. The SMILES string of the molecule is CCCNC(=O)CCC(=O)Nc1ccc(OC(F)F)c(Cc2ccccc2)c1. The number of nitrogens with one attached hydrogen (secondary N) is 2. The van der Waals surface area contributed by atoms with Crippen molar-refractivity contribution in [3.63, 3.8) is 0 Å². The van der Waals surface area contributed by atoms with E-state index in [0.717, 1.165) is 12.0 Å². The highest BCUT2D eigenvalue weighted by atomic mass is 19.3. The smallest absolute Gasteiger partial charge is 0.387 e. The van der Waals surface area contributed by atoms with Gasteiger partial charge in [0.2, 0.25) is 11.8 Å².